The Morgan fingerprint density at radius 2 is 1.85 bits per heavy atom. The van der Waals surface area contributed by atoms with Crippen molar-refractivity contribution in [2.75, 3.05) is 19.5 Å². The second-order valence-corrected chi connectivity index (χ2v) is 5.72. The molecule has 0 bridgehead atoms. The maximum atomic E-state index is 12.5. The second-order valence-electron chi connectivity index (χ2n) is 5.72. The zero-order chi connectivity index (χ0) is 18.7. The average Bonchev–Trinajstić information content (AvgIpc) is 3.30. The lowest BCUT2D eigenvalue weighted by Crippen LogP contribution is -2.12. The monoisotopic (exact) mass is 357 g/mol. The Hall–Kier alpha value is -3.36. The third-order valence-electron chi connectivity index (χ3n) is 3.64. The quantitative estimate of drug-likeness (QED) is 0.723. The van der Waals surface area contributed by atoms with Gasteiger partial charge in [-0.2, -0.15) is 5.10 Å². The molecule has 0 unspecified atom stereocenters. The molecule has 0 fully saturated rings. The van der Waals surface area contributed by atoms with Gasteiger partial charge in [-0.25, -0.2) is 0 Å². The minimum atomic E-state index is -0.422. The lowest BCUT2D eigenvalue weighted by molar-refractivity contribution is 0.102. The molecule has 136 valence electrons. The highest BCUT2D eigenvalue weighted by molar-refractivity contribution is 6.03. The van der Waals surface area contributed by atoms with Crippen molar-refractivity contribution < 1.29 is 18.7 Å². The highest BCUT2D eigenvalue weighted by Crippen LogP contribution is 2.25. The summed E-state index contributed by atoms with van der Waals surface area (Å²) >= 11 is 0. The number of hydrogen-bond donors (Lipinski definition) is 1. The van der Waals surface area contributed by atoms with E-state index in [9.17, 15) is 4.79 Å². The third kappa shape index (κ3) is 3.51. The van der Waals surface area contributed by atoms with E-state index in [2.05, 4.69) is 20.6 Å². The van der Waals surface area contributed by atoms with Crippen LogP contribution < -0.4 is 14.8 Å². The number of hydrogen-bond acceptors (Lipinski definition) is 7. The summed E-state index contributed by atoms with van der Waals surface area (Å²) in [7, 11) is 3.03. The molecule has 1 aromatic carbocycles. The molecule has 0 saturated heterocycles. The molecule has 0 aliphatic carbocycles. The van der Waals surface area contributed by atoms with Crippen molar-refractivity contribution in [3.05, 3.63) is 36.0 Å². The van der Waals surface area contributed by atoms with E-state index in [1.807, 2.05) is 13.8 Å². The van der Waals surface area contributed by atoms with Crippen LogP contribution in [0.15, 0.2) is 34.9 Å². The third-order valence-corrected chi connectivity index (χ3v) is 3.64. The SMILES string of the molecule is COc1cc(OC)cc(C(=O)Nc2nnc(-c3ccnn3C(C)C)o2)c1. The summed E-state index contributed by atoms with van der Waals surface area (Å²) < 4.78 is 17.6. The molecule has 0 aliphatic rings. The number of aromatic nitrogens is 4. The first-order valence-electron chi connectivity index (χ1n) is 7.93. The number of amides is 1. The van der Waals surface area contributed by atoms with Crippen LogP contribution in [0.1, 0.15) is 30.2 Å². The van der Waals surface area contributed by atoms with E-state index in [1.165, 1.54) is 14.2 Å². The van der Waals surface area contributed by atoms with Crippen molar-refractivity contribution in [1.29, 1.82) is 0 Å². The fourth-order valence-electron chi connectivity index (χ4n) is 2.38. The molecule has 1 N–H and O–H groups in total. The fraction of sp³-hybridized carbons (Fsp3) is 0.294. The molecule has 9 heteroatoms. The molecule has 2 heterocycles. The van der Waals surface area contributed by atoms with E-state index in [4.69, 9.17) is 13.9 Å². The van der Waals surface area contributed by atoms with Gasteiger partial charge >= 0.3 is 6.01 Å². The molecule has 26 heavy (non-hydrogen) atoms. The molecule has 3 rings (SSSR count). The number of rotatable bonds is 6. The summed E-state index contributed by atoms with van der Waals surface area (Å²) in [5.74, 6) is 0.854. The van der Waals surface area contributed by atoms with Crippen LogP contribution in [-0.4, -0.2) is 40.1 Å². The van der Waals surface area contributed by atoms with E-state index < -0.39 is 5.91 Å². The highest BCUT2D eigenvalue weighted by Gasteiger charge is 2.17. The molecule has 3 aromatic rings. The Morgan fingerprint density at radius 3 is 2.46 bits per heavy atom. The minimum Gasteiger partial charge on any atom is -0.497 e. The number of ether oxygens (including phenoxy) is 2. The van der Waals surface area contributed by atoms with Crippen LogP contribution in [-0.2, 0) is 0 Å². The minimum absolute atomic E-state index is 0.0108. The standard InChI is InChI=1S/C17H19N5O4/c1-10(2)22-14(5-6-18-22)16-20-21-17(26-16)19-15(23)11-7-12(24-3)9-13(8-11)25-4/h5-10H,1-4H3,(H,19,21,23). The molecule has 9 nitrogen and oxygen atoms in total. The molecule has 0 aliphatic heterocycles. The smallest absolute Gasteiger partial charge is 0.322 e. The summed E-state index contributed by atoms with van der Waals surface area (Å²) in [5.41, 5.74) is 1.02. The van der Waals surface area contributed by atoms with Gasteiger partial charge in [0.05, 0.1) is 14.2 Å². The molecule has 1 amide bonds. The maximum Gasteiger partial charge on any atom is 0.322 e. The van der Waals surface area contributed by atoms with Gasteiger partial charge in [-0.05, 0) is 32.0 Å². The van der Waals surface area contributed by atoms with Crippen LogP contribution in [0.25, 0.3) is 11.6 Å². The maximum absolute atomic E-state index is 12.5. The van der Waals surface area contributed by atoms with Crippen molar-refractivity contribution in [3.8, 4) is 23.1 Å². The van der Waals surface area contributed by atoms with Crippen molar-refractivity contribution in [2.45, 2.75) is 19.9 Å². The summed E-state index contributed by atoms with van der Waals surface area (Å²) in [5, 5.41) is 14.6. The van der Waals surface area contributed by atoms with Crippen molar-refractivity contribution in [2.24, 2.45) is 0 Å². The largest absolute Gasteiger partial charge is 0.497 e. The predicted octanol–water partition coefficient (Wildman–Crippen LogP) is 2.78. The molecular formula is C17H19N5O4. The van der Waals surface area contributed by atoms with Crippen LogP contribution >= 0.6 is 0 Å². The first-order chi connectivity index (χ1) is 12.5. The molecule has 0 atom stereocenters. The summed E-state index contributed by atoms with van der Waals surface area (Å²) in [6.45, 7) is 3.98. The number of carbonyl (C=O) groups excluding carboxylic acids is 1. The van der Waals surface area contributed by atoms with Crippen LogP contribution in [0, 0.1) is 0 Å². The van der Waals surface area contributed by atoms with Gasteiger partial charge in [0.25, 0.3) is 11.8 Å². The number of nitrogens with zero attached hydrogens (tertiary/aromatic N) is 4. The van der Waals surface area contributed by atoms with E-state index in [0.29, 0.717) is 22.8 Å². The average molecular weight is 357 g/mol. The lowest BCUT2D eigenvalue weighted by Gasteiger charge is -2.08. The molecular weight excluding hydrogens is 338 g/mol. The van der Waals surface area contributed by atoms with E-state index in [-0.39, 0.29) is 17.9 Å². The van der Waals surface area contributed by atoms with Crippen molar-refractivity contribution in [1.82, 2.24) is 20.0 Å². The Morgan fingerprint density at radius 1 is 1.15 bits per heavy atom. The second kappa shape index (κ2) is 7.26. The van der Waals surface area contributed by atoms with Gasteiger partial charge < -0.3 is 13.9 Å². The van der Waals surface area contributed by atoms with E-state index >= 15 is 0 Å². The predicted molar refractivity (Wildman–Crippen MR) is 93.4 cm³/mol. The fourth-order valence-corrected chi connectivity index (χ4v) is 2.38. The molecule has 0 spiro atoms. The van der Waals surface area contributed by atoms with E-state index in [1.54, 1.807) is 35.1 Å². The topological polar surface area (TPSA) is 104 Å². The highest BCUT2D eigenvalue weighted by atomic mass is 16.5. The Kier molecular flexibility index (Phi) is 4.87. The van der Waals surface area contributed by atoms with Crippen molar-refractivity contribution >= 4 is 11.9 Å². The van der Waals surface area contributed by atoms with Gasteiger partial charge in [0.1, 0.15) is 17.2 Å². The zero-order valence-corrected chi connectivity index (χ0v) is 14.9. The number of benzene rings is 1. The molecule has 0 saturated carbocycles. The van der Waals surface area contributed by atoms with Crippen LogP contribution in [0.2, 0.25) is 0 Å². The summed E-state index contributed by atoms with van der Waals surface area (Å²) in [6, 6.07) is 6.74. The van der Waals surface area contributed by atoms with Gasteiger partial charge in [-0.1, -0.05) is 5.10 Å². The van der Waals surface area contributed by atoms with Gasteiger partial charge in [-0.15, -0.1) is 5.10 Å². The number of nitrogens with one attached hydrogen (secondary N) is 1. The Balaban J connectivity index is 1.81. The van der Waals surface area contributed by atoms with E-state index in [0.717, 1.165) is 0 Å². The Labute approximate surface area is 149 Å². The number of carbonyl (C=O) groups is 1. The molecule has 0 radical (unpaired) electrons. The van der Waals surface area contributed by atoms with Crippen LogP contribution in [0.5, 0.6) is 11.5 Å². The van der Waals surface area contributed by atoms with Gasteiger partial charge in [0, 0.05) is 23.9 Å². The van der Waals surface area contributed by atoms with Crippen molar-refractivity contribution in [3.63, 3.8) is 0 Å². The molecule has 2 aromatic heterocycles. The number of anilines is 1. The van der Waals surface area contributed by atoms with Gasteiger partial charge in [-0.3, -0.25) is 14.8 Å². The lowest BCUT2D eigenvalue weighted by atomic mass is 10.2. The summed E-state index contributed by atoms with van der Waals surface area (Å²) in [4.78, 5) is 12.5. The van der Waals surface area contributed by atoms with Crippen LogP contribution in [0.4, 0.5) is 6.01 Å². The number of methoxy groups -OCH3 is 2. The van der Waals surface area contributed by atoms with Gasteiger partial charge in [0.2, 0.25) is 0 Å². The first kappa shape index (κ1) is 17.5. The normalized spacial score (nSPS) is 10.8. The van der Waals surface area contributed by atoms with Gasteiger partial charge in [0.15, 0.2) is 0 Å². The summed E-state index contributed by atoms with van der Waals surface area (Å²) in [6.07, 6.45) is 1.65. The Bertz CT molecular complexity index is 893. The first-order valence-corrected chi connectivity index (χ1v) is 7.93. The zero-order valence-electron chi connectivity index (χ0n) is 14.9. The van der Waals surface area contributed by atoms with Crippen LogP contribution in [0.3, 0.4) is 0 Å².